The van der Waals surface area contributed by atoms with E-state index in [-0.39, 0.29) is 64.8 Å². The zero-order valence-corrected chi connectivity index (χ0v) is 21.3. The van der Waals surface area contributed by atoms with Crippen molar-refractivity contribution in [2.75, 3.05) is 13.1 Å². The number of rotatable bonds is 4. The van der Waals surface area contributed by atoms with E-state index in [4.69, 9.17) is 23.2 Å². The van der Waals surface area contributed by atoms with Crippen molar-refractivity contribution in [2.45, 2.75) is 49.1 Å². The van der Waals surface area contributed by atoms with Crippen molar-refractivity contribution in [1.29, 1.82) is 0 Å². The van der Waals surface area contributed by atoms with Crippen LogP contribution in [0.1, 0.15) is 53.1 Å². The third kappa shape index (κ3) is 4.40. The summed E-state index contributed by atoms with van der Waals surface area (Å²) < 4.78 is 42.3. The molecule has 0 spiro atoms. The van der Waals surface area contributed by atoms with Crippen LogP contribution in [0, 0.1) is 5.82 Å². The molecule has 190 valence electrons. The lowest BCUT2D eigenvalue weighted by Crippen LogP contribution is -2.52. The highest BCUT2D eigenvalue weighted by Gasteiger charge is 2.41. The summed E-state index contributed by atoms with van der Waals surface area (Å²) in [6.07, 6.45) is 1.17. The molecule has 36 heavy (non-hydrogen) atoms. The number of nitrogens with one attached hydrogen (secondary N) is 1. The highest BCUT2D eigenvalue weighted by molar-refractivity contribution is 7.89. The van der Waals surface area contributed by atoms with E-state index < -0.39 is 33.7 Å². The van der Waals surface area contributed by atoms with Crippen LogP contribution in [-0.4, -0.2) is 54.5 Å². The van der Waals surface area contributed by atoms with E-state index in [2.05, 4.69) is 5.32 Å². The van der Waals surface area contributed by atoms with Crippen LogP contribution < -0.4 is 5.32 Å². The molecular weight excluding hydrogens is 532 g/mol. The van der Waals surface area contributed by atoms with Gasteiger partial charge in [-0.15, -0.1) is 0 Å². The fraction of sp³-hybridized carbons (Fsp3) is 0.375. The molecule has 3 heterocycles. The van der Waals surface area contributed by atoms with Gasteiger partial charge in [0, 0.05) is 36.6 Å². The Morgan fingerprint density at radius 1 is 1.00 bits per heavy atom. The summed E-state index contributed by atoms with van der Waals surface area (Å²) in [5.74, 6) is -2.11. The number of carbonyl (C=O) groups is 3. The maximum Gasteiger partial charge on any atom is 0.255 e. The average Bonchev–Trinajstić information content (AvgIpc) is 3.16. The fourth-order valence-corrected chi connectivity index (χ4v) is 7.45. The van der Waals surface area contributed by atoms with E-state index in [9.17, 15) is 27.2 Å². The van der Waals surface area contributed by atoms with E-state index in [0.717, 1.165) is 0 Å². The Morgan fingerprint density at radius 3 is 2.42 bits per heavy atom. The number of benzene rings is 2. The Hall–Kier alpha value is -2.53. The van der Waals surface area contributed by atoms with Gasteiger partial charge in [-0.1, -0.05) is 23.2 Å². The molecule has 1 unspecified atom stereocenters. The van der Waals surface area contributed by atoms with Gasteiger partial charge in [-0.25, -0.2) is 12.8 Å². The minimum atomic E-state index is -3.87. The largest absolute Gasteiger partial charge is 0.322 e. The fourth-order valence-electron chi connectivity index (χ4n) is 5.24. The number of amides is 3. The van der Waals surface area contributed by atoms with Gasteiger partial charge in [-0.3, -0.25) is 19.7 Å². The molecule has 2 fully saturated rings. The molecule has 1 atom stereocenters. The number of hydrogen-bond donors (Lipinski definition) is 1. The average molecular weight is 554 g/mol. The van der Waals surface area contributed by atoms with Gasteiger partial charge in [0.05, 0.1) is 5.02 Å². The third-order valence-corrected chi connectivity index (χ3v) is 9.68. The molecule has 1 N–H and O–H groups in total. The second kappa shape index (κ2) is 9.41. The monoisotopic (exact) mass is 553 g/mol. The van der Waals surface area contributed by atoms with Crippen LogP contribution in [0.15, 0.2) is 35.2 Å². The van der Waals surface area contributed by atoms with Gasteiger partial charge in [-0.2, -0.15) is 4.31 Å². The zero-order valence-electron chi connectivity index (χ0n) is 19.0. The maximum atomic E-state index is 14.6. The first kappa shape index (κ1) is 25.1. The van der Waals surface area contributed by atoms with Gasteiger partial charge < -0.3 is 4.90 Å². The number of imide groups is 1. The molecule has 0 bridgehead atoms. The van der Waals surface area contributed by atoms with Crippen molar-refractivity contribution in [3.63, 3.8) is 0 Å². The van der Waals surface area contributed by atoms with Crippen molar-refractivity contribution in [2.24, 2.45) is 0 Å². The third-order valence-electron chi connectivity index (χ3n) is 7.06. The van der Waals surface area contributed by atoms with Crippen molar-refractivity contribution >= 4 is 50.9 Å². The van der Waals surface area contributed by atoms with Gasteiger partial charge in [0.2, 0.25) is 21.8 Å². The van der Waals surface area contributed by atoms with Crippen molar-refractivity contribution in [3.8, 4) is 0 Å². The molecule has 0 aromatic heterocycles. The van der Waals surface area contributed by atoms with E-state index in [0.29, 0.717) is 24.0 Å². The molecule has 0 aliphatic carbocycles. The Bertz CT molecular complexity index is 1390. The lowest BCUT2D eigenvalue weighted by atomic mass is 9.86. The molecule has 3 amide bonds. The molecule has 3 aliphatic heterocycles. The Kier molecular flexibility index (Phi) is 6.57. The number of nitrogens with zero attached hydrogens (tertiary/aromatic N) is 2. The Balaban J connectivity index is 1.37. The first-order valence-corrected chi connectivity index (χ1v) is 13.7. The minimum Gasteiger partial charge on any atom is -0.322 e. The molecule has 0 saturated carbocycles. The van der Waals surface area contributed by atoms with Crippen LogP contribution in [0.4, 0.5) is 4.39 Å². The van der Waals surface area contributed by atoms with Crippen LogP contribution in [0.25, 0.3) is 0 Å². The number of hydrogen-bond acceptors (Lipinski definition) is 5. The number of halogens is 3. The van der Waals surface area contributed by atoms with Gasteiger partial charge >= 0.3 is 0 Å². The van der Waals surface area contributed by atoms with Crippen LogP contribution in [0.2, 0.25) is 10.0 Å². The second-order valence-corrected chi connectivity index (χ2v) is 11.9. The minimum absolute atomic E-state index is 0.0627. The lowest BCUT2D eigenvalue weighted by molar-refractivity contribution is -0.136. The van der Waals surface area contributed by atoms with Crippen LogP contribution in [0.3, 0.4) is 0 Å². The molecule has 2 saturated heterocycles. The van der Waals surface area contributed by atoms with E-state index >= 15 is 0 Å². The first-order chi connectivity index (χ1) is 17.1. The summed E-state index contributed by atoms with van der Waals surface area (Å²) in [5.41, 5.74) is 1.49. The van der Waals surface area contributed by atoms with Gasteiger partial charge in [0.15, 0.2) is 0 Å². The molecule has 0 radical (unpaired) electrons. The molecule has 3 aliphatic rings. The van der Waals surface area contributed by atoms with Crippen LogP contribution >= 0.6 is 23.2 Å². The first-order valence-electron chi connectivity index (χ1n) is 11.5. The smallest absolute Gasteiger partial charge is 0.255 e. The summed E-state index contributed by atoms with van der Waals surface area (Å²) >= 11 is 12.1. The standard InChI is InChI=1S/C24H22Cl2FN3O5S/c25-14-1-2-19(26)21(9-14)36(34,35)29-7-5-13(6-8-29)16-10-15(27)11-17-18(16)12-30(24(17)33)20-3-4-22(31)28-23(20)32/h1-2,9-11,13,20H,3-8,12H2,(H,28,31,32). The summed E-state index contributed by atoms with van der Waals surface area (Å²) in [5, 5.41) is 2.59. The Morgan fingerprint density at radius 2 is 1.72 bits per heavy atom. The topological polar surface area (TPSA) is 104 Å². The van der Waals surface area contributed by atoms with E-state index in [1.54, 1.807) is 0 Å². The number of sulfonamides is 1. The molecule has 2 aromatic rings. The summed E-state index contributed by atoms with van der Waals surface area (Å²) in [6.45, 7) is 0.505. The van der Waals surface area contributed by atoms with Crippen LogP contribution in [0.5, 0.6) is 0 Å². The predicted molar refractivity (Wildman–Crippen MR) is 130 cm³/mol. The zero-order chi connectivity index (χ0) is 25.8. The molecule has 2 aromatic carbocycles. The second-order valence-electron chi connectivity index (χ2n) is 9.17. The Labute approximate surface area is 217 Å². The highest BCUT2D eigenvalue weighted by atomic mass is 35.5. The normalized spacial score (nSPS) is 21.6. The highest BCUT2D eigenvalue weighted by Crippen LogP contribution is 2.39. The van der Waals surface area contributed by atoms with Gasteiger partial charge in [-0.05, 0) is 66.6 Å². The van der Waals surface area contributed by atoms with E-state index in [1.165, 1.54) is 39.5 Å². The molecule has 8 nitrogen and oxygen atoms in total. The lowest BCUT2D eigenvalue weighted by Gasteiger charge is -2.32. The summed E-state index contributed by atoms with van der Waals surface area (Å²) in [6, 6.07) is 6.04. The SMILES string of the molecule is O=C1CCC(N2Cc3c(cc(F)cc3C3CCN(S(=O)(=O)c4cc(Cl)ccc4Cl)CC3)C2=O)C(=O)N1. The van der Waals surface area contributed by atoms with Crippen molar-refractivity contribution < 1.29 is 27.2 Å². The molecular formula is C24H22Cl2FN3O5S. The van der Waals surface area contributed by atoms with Gasteiger partial charge in [0.25, 0.3) is 5.91 Å². The quantitative estimate of drug-likeness (QED) is 0.584. The summed E-state index contributed by atoms with van der Waals surface area (Å²) in [4.78, 5) is 38.3. The van der Waals surface area contributed by atoms with Crippen molar-refractivity contribution in [3.05, 3.63) is 62.9 Å². The number of carbonyl (C=O) groups excluding carboxylic acids is 3. The summed E-state index contributed by atoms with van der Waals surface area (Å²) in [7, 11) is -3.87. The number of piperidine rings is 2. The number of fused-ring (bicyclic) bond motifs is 1. The predicted octanol–water partition coefficient (Wildman–Crippen LogP) is 3.46. The maximum absolute atomic E-state index is 14.6. The molecule has 5 rings (SSSR count). The molecule has 12 heteroatoms. The van der Waals surface area contributed by atoms with Gasteiger partial charge in [0.1, 0.15) is 16.8 Å². The van der Waals surface area contributed by atoms with Crippen LogP contribution in [-0.2, 0) is 26.2 Å². The van der Waals surface area contributed by atoms with E-state index in [1.807, 2.05) is 0 Å². The van der Waals surface area contributed by atoms with Crippen molar-refractivity contribution in [1.82, 2.24) is 14.5 Å².